The summed E-state index contributed by atoms with van der Waals surface area (Å²) in [4.78, 5) is 30.6. The van der Waals surface area contributed by atoms with Gasteiger partial charge < -0.3 is 34.4 Å². The van der Waals surface area contributed by atoms with Crippen molar-refractivity contribution in [1.82, 2.24) is 9.80 Å². The Balaban J connectivity index is 1.61. The maximum absolute atomic E-state index is 14.4. The van der Waals surface area contributed by atoms with Gasteiger partial charge in [0.25, 0.3) is 15.9 Å². The topological polar surface area (TPSA) is 147 Å². The minimum atomic E-state index is -4.00. The molecule has 0 radical (unpaired) electrons. The van der Waals surface area contributed by atoms with E-state index in [0.29, 0.717) is 35.2 Å². The molecule has 1 aliphatic rings. The number of sulfonamides is 1. The third-order valence-corrected chi connectivity index (χ3v) is 10.2. The molecule has 0 aliphatic carbocycles. The average molecular weight is 731 g/mol. The maximum Gasteiger partial charge on any atom is 0.321 e. The van der Waals surface area contributed by atoms with Gasteiger partial charge in [-0.15, -0.1) is 0 Å². The number of carbonyl (C=O) groups excluding carboxylic acids is 2. The van der Waals surface area contributed by atoms with Crippen LogP contribution in [0.2, 0.25) is 5.02 Å². The lowest BCUT2D eigenvalue weighted by Crippen LogP contribution is -2.48. The van der Waals surface area contributed by atoms with Gasteiger partial charge in [0.05, 0.1) is 42.4 Å². The monoisotopic (exact) mass is 730 g/mol. The molecular weight excluding hydrogens is 684 g/mol. The summed E-state index contributed by atoms with van der Waals surface area (Å²) in [5, 5.41) is 13.5. The second kappa shape index (κ2) is 17.8. The summed E-state index contributed by atoms with van der Waals surface area (Å²) in [6.07, 6.45) is 1.53. The van der Waals surface area contributed by atoms with Gasteiger partial charge in [-0.2, -0.15) is 0 Å². The molecule has 3 aromatic rings. The van der Waals surface area contributed by atoms with Gasteiger partial charge in [-0.1, -0.05) is 18.5 Å². The van der Waals surface area contributed by atoms with Crippen LogP contribution < -0.4 is 19.5 Å². The number of aliphatic hydroxyl groups excluding tert-OH is 1. The molecule has 3 amide bonds. The molecular formula is C36H47ClN4O8S. The summed E-state index contributed by atoms with van der Waals surface area (Å²) < 4.78 is 46.7. The number of ether oxygens (including phenoxy) is 3. The molecule has 0 saturated carbocycles. The summed E-state index contributed by atoms with van der Waals surface area (Å²) in [6.45, 7) is 6.13. The van der Waals surface area contributed by atoms with E-state index in [1.54, 1.807) is 62.4 Å². The molecule has 12 nitrogen and oxygen atoms in total. The van der Waals surface area contributed by atoms with Gasteiger partial charge in [-0.25, -0.2) is 13.2 Å². The fourth-order valence-electron chi connectivity index (χ4n) is 5.52. The smallest absolute Gasteiger partial charge is 0.321 e. The van der Waals surface area contributed by atoms with Gasteiger partial charge in [0.2, 0.25) is 0 Å². The lowest BCUT2D eigenvalue weighted by molar-refractivity contribution is -0.0115. The van der Waals surface area contributed by atoms with Crippen LogP contribution in [-0.2, 0) is 14.8 Å². The van der Waals surface area contributed by atoms with E-state index in [2.05, 4.69) is 10.0 Å². The van der Waals surface area contributed by atoms with Gasteiger partial charge in [0.15, 0.2) is 0 Å². The van der Waals surface area contributed by atoms with Crippen LogP contribution in [0.1, 0.15) is 50.4 Å². The molecule has 3 N–H and O–H groups in total. The van der Waals surface area contributed by atoms with Gasteiger partial charge in [-0.3, -0.25) is 9.52 Å². The Hall–Kier alpha value is -4.04. The van der Waals surface area contributed by atoms with E-state index in [9.17, 15) is 23.1 Å². The number of amides is 3. The second-order valence-electron chi connectivity index (χ2n) is 12.6. The molecule has 0 saturated heterocycles. The molecule has 0 unspecified atom stereocenters. The first-order chi connectivity index (χ1) is 23.8. The molecule has 50 heavy (non-hydrogen) atoms. The molecule has 4 rings (SSSR count). The van der Waals surface area contributed by atoms with E-state index in [-0.39, 0.29) is 53.9 Å². The van der Waals surface area contributed by atoms with Crippen molar-refractivity contribution in [2.45, 2.75) is 63.2 Å². The van der Waals surface area contributed by atoms with Gasteiger partial charge in [0, 0.05) is 49.1 Å². The van der Waals surface area contributed by atoms with E-state index in [0.717, 1.165) is 12.8 Å². The number of nitrogens with zero attached hydrogens (tertiary/aromatic N) is 2. The summed E-state index contributed by atoms with van der Waals surface area (Å²) >= 11 is 5.95. The number of hydrogen-bond acceptors (Lipinski definition) is 8. The normalized spacial score (nSPS) is 19.7. The Bertz CT molecular complexity index is 1690. The van der Waals surface area contributed by atoms with Crippen LogP contribution in [0.15, 0.2) is 71.6 Å². The number of hydrogen-bond donors (Lipinski definition) is 3. The van der Waals surface area contributed by atoms with E-state index in [1.807, 2.05) is 13.8 Å². The van der Waals surface area contributed by atoms with Crippen LogP contribution in [0, 0.1) is 5.92 Å². The molecule has 4 atom stereocenters. The standard InChI is InChI=1S/C36H47ClN4O8S/c1-24-21-41(25(2)23-42)35(43)32-20-29(39-50(45,46)31-16-9-27(37)10-17-31)13-18-33(32)49-26(3)8-6-7-19-48-34(24)22-40(4)36(44)38-28-11-14-30(47-5)15-12-28/h9-18,20,24-26,34,39,42H,6-8,19,21-23H2,1-5H3,(H,38,44)/t24-,25+,26-,34+/m0/s1. The average Bonchev–Trinajstić information content (AvgIpc) is 3.09. The zero-order valence-corrected chi connectivity index (χ0v) is 30.7. The minimum Gasteiger partial charge on any atom is -0.497 e. The first-order valence-corrected chi connectivity index (χ1v) is 18.5. The Kier molecular flexibility index (Phi) is 13.8. The van der Waals surface area contributed by atoms with E-state index in [4.69, 9.17) is 25.8 Å². The zero-order valence-electron chi connectivity index (χ0n) is 29.1. The summed E-state index contributed by atoms with van der Waals surface area (Å²) in [5.74, 6) is 0.254. The van der Waals surface area contributed by atoms with Gasteiger partial charge >= 0.3 is 6.03 Å². The third-order valence-electron chi connectivity index (χ3n) is 8.57. The molecule has 3 aromatic carbocycles. The Morgan fingerprint density at radius 1 is 1.08 bits per heavy atom. The first-order valence-electron chi connectivity index (χ1n) is 16.6. The highest BCUT2D eigenvalue weighted by Gasteiger charge is 2.31. The highest BCUT2D eigenvalue weighted by molar-refractivity contribution is 7.92. The van der Waals surface area contributed by atoms with Gasteiger partial charge in [0.1, 0.15) is 11.5 Å². The number of anilines is 2. The Labute approximate surface area is 299 Å². The number of halogens is 1. The number of likely N-dealkylation sites (N-methyl/N-ethyl adjacent to an activating group) is 1. The number of benzene rings is 3. The van der Waals surface area contributed by atoms with Crippen LogP contribution in [0.25, 0.3) is 0 Å². The fraction of sp³-hybridized carbons (Fsp3) is 0.444. The number of aliphatic hydroxyl groups is 1. The predicted molar refractivity (Wildman–Crippen MR) is 194 cm³/mol. The summed E-state index contributed by atoms with van der Waals surface area (Å²) in [7, 11) is -0.745. The van der Waals surface area contributed by atoms with Crippen molar-refractivity contribution in [3.63, 3.8) is 0 Å². The first kappa shape index (κ1) is 38.8. The summed E-state index contributed by atoms with van der Waals surface area (Å²) in [6, 6.07) is 16.4. The highest BCUT2D eigenvalue weighted by atomic mass is 35.5. The lowest BCUT2D eigenvalue weighted by atomic mass is 10.0. The molecule has 272 valence electrons. The second-order valence-corrected chi connectivity index (χ2v) is 14.7. The van der Waals surface area contributed by atoms with Crippen LogP contribution in [0.3, 0.4) is 0 Å². The van der Waals surface area contributed by atoms with Crippen molar-refractivity contribution >= 4 is 44.9 Å². The van der Waals surface area contributed by atoms with Crippen molar-refractivity contribution in [3.05, 3.63) is 77.3 Å². The van der Waals surface area contributed by atoms with Crippen molar-refractivity contribution in [1.29, 1.82) is 0 Å². The zero-order chi connectivity index (χ0) is 36.4. The number of fused-ring (bicyclic) bond motifs is 1. The third kappa shape index (κ3) is 10.5. The summed E-state index contributed by atoms with van der Waals surface area (Å²) in [5.41, 5.74) is 0.923. The lowest BCUT2D eigenvalue weighted by Gasteiger charge is -2.35. The number of nitrogens with one attached hydrogen (secondary N) is 2. The quantitative estimate of drug-likeness (QED) is 0.239. The van der Waals surface area contributed by atoms with E-state index < -0.39 is 28.1 Å². The predicted octanol–water partition coefficient (Wildman–Crippen LogP) is 6.11. The maximum atomic E-state index is 14.4. The number of rotatable bonds is 9. The molecule has 0 fully saturated rings. The largest absolute Gasteiger partial charge is 0.497 e. The Morgan fingerprint density at radius 2 is 1.76 bits per heavy atom. The Morgan fingerprint density at radius 3 is 2.42 bits per heavy atom. The number of carbonyl (C=O) groups is 2. The van der Waals surface area contributed by atoms with Crippen LogP contribution in [-0.4, -0.2) is 94.0 Å². The van der Waals surface area contributed by atoms with E-state index in [1.165, 1.54) is 35.2 Å². The minimum absolute atomic E-state index is 0.0104. The molecule has 1 aliphatic heterocycles. The highest BCUT2D eigenvalue weighted by Crippen LogP contribution is 2.30. The van der Waals surface area contributed by atoms with Crippen molar-refractivity contribution < 1.29 is 37.3 Å². The molecule has 1 heterocycles. The molecule has 0 bridgehead atoms. The fourth-order valence-corrected chi connectivity index (χ4v) is 6.70. The molecule has 0 spiro atoms. The van der Waals surface area contributed by atoms with Gasteiger partial charge in [-0.05, 0) is 99.8 Å². The van der Waals surface area contributed by atoms with E-state index >= 15 is 0 Å². The van der Waals surface area contributed by atoms with Crippen LogP contribution >= 0.6 is 11.6 Å². The van der Waals surface area contributed by atoms with Crippen molar-refractivity contribution in [2.75, 3.05) is 50.5 Å². The van der Waals surface area contributed by atoms with Crippen molar-refractivity contribution in [2.24, 2.45) is 5.92 Å². The number of urea groups is 1. The number of methoxy groups -OCH3 is 1. The SMILES string of the molecule is COc1ccc(NC(=O)N(C)C[C@H]2OCCCC[C@H](C)Oc3ccc(NS(=O)(=O)c4ccc(Cl)cc4)cc3C(=O)N([C@H](C)CO)C[C@@H]2C)cc1. The van der Waals surface area contributed by atoms with Crippen LogP contribution in [0.4, 0.5) is 16.2 Å². The molecule has 0 aromatic heterocycles. The van der Waals surface area contributed by atoms with Crippen LogP contribution in [0.5, 0.6) is 11.5 Å². The molecule has 14 heteroatoms. The van der Waals surface area contributed by atoms with Crippen molar-refractivity contribution in [3.8, 4) is 11.5 Å².